The Morgan fingerprint density at radius 2 is 1.89 bits per heavy atom. The standard InChI is InChI=1S/C15H18N2O2/c1-2-6-12-14(18)16-13(17-15(12)19)10-9-11-7-4-3-5-8-11/h3-5,7-8,12H,2,6,9-10H2,1H3,(H,16,17,18,19). The van der Waals surface area contributed by atoms with Gasteiger partial charge in [-0.05, 0) is 18.4 Å². The second-order valence-electron chi connectivity index (χ2n) is 4.71. The van der Waals surface area contributed by atoms with Crippen molar-refractivity contribution in [2.75, 3.05) is 0 Å². The molecule has 2 rings (SSSR count). The minimum absolute atomic E-state index is 0.204. The average Bonchev–Trinajstić information content (AvgIpc) is 2.42. The molecule has 0 aliphatic carbocycles. The van der Waals surface area contributed by atoms with Gasteiger partial charge in [0, 0.05) is 6.42 Å². The van der Waals surface area contributed by atoms with E-state index >= 15 is 0 Å². The summed E-state index contributed by atoms with van der Waals surface area (Å²) in [5.74, 6) is -0.602. The summed E-state index contributed by atoms with van der Waals surface area (Å²) in [6.07, 6.45) is 2.73. The van der Waals surface area contributed by atoms with E-state index in [0.29, 0.717) is 18.7 Å². The summed E-state index contributed by atoms with van der Waals surface area (Å²) in [5, 5.41) is 2.74. The van der Waals surface area contributed by atoms with Gasteiger partial charge in [-0.2, -0.15) is 4.99 Å². The Kier molecular flexibility index (Phi) is 4.44. The van der Waals surface area contributed by atoms with Gasteiger partial charge in [0.2, 0.25) is 5.91 Å². The fraction of sp³-hybridized carbons (Fsp3) is 0.400. The maximum atomic E-state index is 11.8. The lowest BCUT2D eigenvalue weighted by atomic mass is 10.00. The fourth-order valence-corrected chi connectivity index (χ4v) is 2.15. The van der Waals surface area contributed by atoms with Crippen LogP contribution in [0.4, 0.5) is 0 Å². The molecule has 0 bridgehead atoms. The number of rotatable bonds is 5. The molecule has 1 aliphatic rings. The van der Waals surface area contributed by atoms with Crippen LogP contribution in [0.3, 0.4) is 0 Å². The smallest absolute Gasteiger partial charge is 0.259 e. The Morgan fingerprint density at radius 3 is 2.53 bits per heavy atom. The Hall–Kier alpha value is -1.97. The van der Waals surface area contributed by atoms with Crippen molar-refractivity contribution in [3.63, 3.8) is 0 Å². The molecule has 19 heavy (non-hydrogen) atoms. The molecule has 4 heteroatoms. The van der Waals surface area contributed by atoms with Crippen molar-refractivity contribution < 1.29 is 9.59 Å². The number of aliphatic imine (C=N–C) groups is 1. The molecule has 0 aromatic heterocycles. The van der Waals surface area contributed by atoms with Crippen LogP contribution in [0, 0.1) is 5.92 Å². The third-order valence-electron chi connectivity index (χ3n) is 3.20. The van der Waals surface area contributed by atoms with E-state index < -0.39 is 5.92 Å². The van der Waals surface area contributed by atoms with Gasteiger partial charge >= 0.3 is 0 Å². The lowest BCUT2D eigenvalue weighted by Crippen LogP contribution is -2.44. The molecule has 1 unspecified atom stereocenters. The zero-order chi connectivity index (χ0) is 13.7. The van der Waals surface area contributed by atoms with Crippen molar-refractivity contribution >= 4 is 17.6 Å². The molecule has 1 heterocycles. The Bertz CT molecular complexity index is 494. The number of nitrogens with zero attached hydrogens (tertiary/aromatic N) is 1. The third-order valence-corrected chi connectivity index (χ3v) is 3.20. The minimum atomic E-state index is -0.592. The van der Waals surface area contributed by atoms with Gasteiger partial charge in [0.25, 0.3) is 5.91 Å². The van der Waals surface area contributed by atoms with E-state index in [0.717, 1.165) is 12.8 Å². The summed E-state index contributed by atoms with van der Waals surface area (Å²) in [5.41, 5.74) is 1.17. The maximum Gasteiger partial charge on any atom is 0.259 e. The van der Waals surface area contributed by atoms with Crippen LogP contribution in [0.15, 0.2) is 35.3 Å². The van der Waals surface area contributed by atoms with E-state index in [9.17, 15) is 9.59 Å². The summed E-state index contributed by atoms with van der Waals surface area (Å²) < 4.78 is 0. The maximum absolute atomic E-state index is 11.8. The van der Waals surface area contributed by atoms with Gasteiger partial charge in [0.05, 0.1) is 0 Å². The molecular weight excluding hydrogens is 240 g/mol. The van der Waals surface area contributed by atoms with Crippen LogP contribution >= 0.6 is 0 Å². The van der Waals surface area contributed by atoms with Crippen molar-refractivity contribution in [3.05, 3.63) is 35.9 Å². The van der Waals surface area contributed by atoms with Crippen LogP contribution in [-0.4, -0.2) is 17.6 Å². The van der Waals surface area contributed by atoms with Crippen LogP contribution < -0.4 is 5.32 Å². The molecular formula is C15H18N2O2. The summed E-state index contributed by atoms with van der Waals surface area (Å²) in [6.45, 7) is 1.95. The van der Waals surface area contributed by atoms with Crippen LogP contribution in [0.5, 0.6) is 0 Å². The number of nitrogens with one attached hydrogen (secondary N) is 1. The molecule has 0 saturated heterocycles. The molecule has 2 amide bonds. The van der Waals surface area contributed by atoms with E-state index in [-0.39, 0.29) is 11.8 Å². The molecule has 0 saturated carbocycles. The Labute approximate surface area is 112 Å². The van der Waals surface area contributed by atoms with Gasteiger partial charge in [-0.1, -0.05) is 43.7 Å². The number of carbonyl (C=O) groups is 2. The molecule has 1 aliphatic heterocycles. The van der Waals surface area contributed by atoms with E-state index in [2.05, 4.69) is 10.3 Å². The van der Waals surface area contributed by atoms with Crippen LogP contribution in [0.1, 0.15) is 31.7 Å². The highest BCUT2D eigenvalue weighted by Crippen LogP contribution is 2.14. The van der Waals surface area contributed by atoms with Crippen LogP contribution in [0.25, 0.3) is 0 Å². The highest BCUT2D eigenvalue weighted by molar-refractivity contribution is 6.15. The number of carbonyl (C=O) groups excluding carboxylic acids is 2. The molecule has 4 nitrogen and oxygen atoms in total. The number of benzene rings is 1. The van der Waals surface area contributed by atoms with E-state index in [1.807, 2.05) is 37.3 Å². The second kappa shape index (κ2) is 6.27. The summed E-state index contributed by atoms with van der Waals surface area (Å²) in [4.78, 5) is 27.6. The molecule has 0 spiro atoms. The second-order valence-corrected chi connectivity index (χ2v) is 4.71. The van der Waals surface area contributed by atoms with Crippen molar-refractivity contribution in [1.82, 2.24) is 5.32 Å². The van der Waals surface area contributed by atoms with Gasteiger partial charge in [0.15, 0.2) is 0 Å². The minimum Gasteiger partial charge on any atom is -0.313 e. The zero-order valence-corrected chi connectivity index (χ0v) is 11.1. The Morgan fingerprint density at radius 1 is 1.16 bits per heavy atom. The van der Waals surface area contributed by atoms with Crippen molar-refractivity contribution in [1.29, 1.82) is 0 Å². The summed E-state index contributed by atoms with van der Waals surface area (Å²) in [6, 6.07) is 9.94. The van der Waals surface area contributed by atoms with Gasteiger partial charge in [0.1, 0.15) is 11.8 Å². The SMILES string of the molecule is CCCC1C(=O)N=C(CCc2ccccc2)NC1=O. The van der Waals surface area contributed by atoms with E-state index in [4.69, 9.17) is 0 Å². The lowest BCUT2D eigenvalue weighted by Gasteiger charge is -2.19. The van der Waals surface area contributed by atoms with Crippen LogP contribution in [0.2, 0.25) is 0 Å². The van der Waals surface area contributed by atoms with Crippen molar-refractivity contribution in [2.24, 2.45) is 10.9 Å². The van der Waals surface area contributed by atoms with Crippen molar-refractivity contribution in [3.8, 4) is 0 Å². The summed E-state index contributed by atoms with van der Waals surface area (Å²) in [7, 11) is 0. The molecule has 1 aromatic rings. The first kappa shape index (κ1) is 13.5. The number of amidine groups is 1. The molecule has 1 atom stereocenters. The predicted molar refractivity (Wildman–Crippen MR) is 73.7 cm³/mol. The molecule has 0 fully saturated rings. The quantitative estimate of drug-likeness (QED) is 0.822. The average molecular weight is 258 g/mol. The van der Waals surface area contributed by atoms with Crippen LogP contribution in [-0.2, 0) is 16.0 Å². The predicted octanol–water partition coefficient (Wildman–Crippen LogP) is 2.09. The molecule has 1 N–H and O–H groups in total. The first-order chi connectivity index (χ1) is 9.20. The molecule has 0 radical (unpaired) electrons. The molecule has 100 valence electrons. The monoisotopic (exact) mass is 258 g/mol. The normalized spacial score (nSPS) is 19.0. The highest BCUT2D eigenvalue weighted by Gasteiger charge is 2.30. The lowest BCUT2D eigenvalue weighted by molar-refractivity contribution is -0.133. The number of hydrogen-bond acceptors (Lipinski definition) is 2. The number of aryl methyl sites for hydroxylation is 1. The number of hydrogen-bond donors (Lipinski definition) is 1. The van der Waals surface area contributed by atoms with Gasteiger partial charge in [-0.25, -0.2) is 0 Å². The first-order valence-corrected chi connectivity index (χ1v) is 6.67. The van der Waals surface area contributed by atoms with E-state index in [1.54, 1.807) is 0 Å². The third kappa shape index (κ3) is 3.50. The molecule has 1 aromatic carbocycles. The van der Waals surface area contributed by atoms with Gasteiger partial charge in [-0.3, -0.25) is 9.59 Å². The van der Waals surface area contributed by atoms with E-state index in [1.165, 1.54) is 5.56 Å². The van der Waals surface area contributed by atoms with Crippen molar-refractivity contribution in [2.45, 2.75) is 32.6 Å². The first-order valence-electron chi connectivity index (χ1n) is 6.67. The fourth-order valence-electron chi connectivity index (χ4n) is 2.15. The highest BCUT2D eigenvalue weighted by atomic mass is 16.2. The largest absolute Gasteiger partial charge is 0.313 e. The van der Waals surface area contributed by atoms with Gasteiger partial charge < -0.3 is 5.32 Å². The zero-order valence-electron chi connectivity index (χ0n) is 11.1. The Balaban J connectivity index is 1.97. The summed E-state index contributed by atoms with van der Waals surface area (Å²) >= 11 is 0. The van der Waals surface area contributed by atoms with Gasteiger partial charge in [-0.15, -0.1) is 0 Å². The topological polar surface area (TPSA) is 58.5 Å². The number of amides is 2.